The highest BCUT2D eigenvalue weighted by molar-refractivity contribution is 6.32. The van der Waals surface area contributed by atoms with Crippen LogP contribution in [-0.2, 0) is 5.41 Å². The van der Waals surface area contributed by atoms with Crippen molar-refractivity contribution in [2.24, 2.45) is 0 Å². The van der Waals surface area contributed by atoms with E-state index in [-0.39, 0.29) is 11.0 Å². The van der Waals surface area contributed by atoms with Crippen molar-refractivity contribution in [2.75, 3.05) is 4.90 Å². The van der Waals surface area contributed by atoms with Gasteiger partial charge in [0.1, 0.15) is 0 Å². The Hall–Kier alpha value is -6.18. The number of hydrogen-bond donors (Lipinski definition) is 0. The Balaban J connectivity index is 1.24. The summed E-state index contributed by atoms with van der Waals surface area (Å²) in [6.07, 6.45) is 4.92. The number of para-hydroxylation sites is 1. The molecule has 1 saturated carbocycles. The summed E-state index contributed by atoms with van der Waals surface area (Å²) in [6.45, 7) is 5.07. The zero-order valence-corrected chi connectivity index (χ0v) is 31.5. The van der Waals surface area contributed by atoms with Gasteiger partial charge in [-0.3, -0.25) is 0 Å². The Morgan fingerprint density at radius 1 is 0.400 bits per heavy atom. The van der Waals surface area contributed by atoms with Gasteiger partial charge in [0.15, 0.2) is 0 Å². The molecular weight excluding hydrogens is 663 g/mol. The van der Waals surface area contributed by atoms with Crippen LogP contribution >= 0.6 is 0 Å². The molecule has 2 unspecified atom stereocenters. The van der Waals surface area contributed by atoms with Gasteiger partial charge in [-0.25, -0.2) is 0 Å². The first-order chi connectivity index (χ1) is 27.0. The van der Waals surface area contributed by atoms with Crippen LogP contribution in [0.5, 0.6) is 0 Å². The van der Waals surface area contributed by atoms with E-state index < -0.39 is 0 Å². The molecule has 0 aromatic heterocycles. The summed E-state index contributed by atoms with van der Waals surface area (Å²) in [5, 5.41) is 7.90. The number of fused-ring (bicyclic) bond motifs is 3. The second-order valence-corrected chi connectivity index (χ2v) is 16.3. The van der Waals surface area contributed by atoms with Crippen molar-refractivity contribution in [2.45, 2.75) is 50.5 Å². The minimum absolute atomic E-state index is 0.00704. The van der Waals surface area contributed by atoms with Gasteiger partial charge in [0.25, 0.3) is 0 Å². The average molecular weight is 706 g/mol. The molecule has 1 aliphatic heterocycles. The summed E-state index contributed by atoms with van der Waals surface area (Å²) in [7, 11) is 0. The lowest BCUT2D eigenvalue weighted by atomic mass is 9.61. The Bertz CT molecular complexity index is 2820. The number of nitrogens with zero attached hydrogens (tertiary/aromatic N) is 1. The van der Waals surface area contributed by atoms with E-state index >= 15 is 0 Å². The Morgan fingerprint density at radius 2 is 0.818 bits per heavy atom. The molecule has 1 fully saturated rings. The lowest BCUT2D eigenvalue weighted by molar-refractivity contribution is 0.195. The fourth-order valence-corrected chi connectivity index (χ4v) is 10.7. The maximum absolute atomic E-state index is 2.68. The molecule has 9 aromatic rings. The normalized spacial score (nSPS) is 19.3. The molecule has 264 valence electrons. The third kappa shape index (κ3) is 4.66. The van der Waals surface area contributed by atoms with E-state index in [2.05, 4.69) is 195 Å². The molecular formula is C54H43N. The van der Waals surface area contributed by atoms with Gasteiger partial charge in [0, 0.05) is 16.8 Å². The smallest absolute Gasteiger partial charge is 0.0517 e. The number of anilines is 2. The van der Waals surface area contributed by atoms with E-state index in [0.717, 1.165) is 0 Å². The lowest BCUT2D eigenvalue weighted by Crippen LogP contribution is -2.54. The van der Waals surface area contributed by atoms with Crippen LogP contribution in [0.2, 0.25) is 0 Å². The van der Waals surface area contributed by atoms with Crippen molar-refractivity contribution >= 4 is 43.7 Å². The molecule has 0 N–H and O–H groups in total. The highest BCUT2D eigenvalue weighted by atomic mass is 15.3. The quantitative estimate of drug-likeness (QED) is 0.161. The zero-order valence-electron chi connectivity index (χ0n) is 31.5. The largest absolute Gasteiger partial charge is 0.334 e. The van der Waals surface area contributed by atoms with Crippen LogP contribution < -0.4 is 4.90 Å². The van der Waals surface area contributed by atoms with E-state index in [9.17, 15) is 0 Å². The third-order valence-electron chi connectivity index (χ3n) is 13.6. The molecule has 0 saturated heterocycles. The third-order valence-corrected chi connectivity index (χ3v) is 13.6. The average Bonchev–Trinajstić information content (AvgIpc) is 3.46. The van der Waals surface area contributed by atoms with Crippen LogP contribution in [0.15, 0.2) is 176 Å². The molecule has 1 heterocycles. The summed E-state index contributed by atoms with van der Waals surface area (Å²) in [5.74, 6) is 0. The monoisotopic (exact) mass is 705 g/mol. The lowest BCUT2D eigenvalue weighted by Gasteiger charge is -2.50. The van der Waals surface area contributed by atoms with Crippen molar-refractivity contribution in [1.82, 2.24) is 0 Å². The second kappa shape index (κ2) is 12.2. The first kappa shape index (κ1) is 32.3. The predicted octanol–water partition coefficient (Wildman–Crippen LogP) is 15.0. The van der Waals surface area contributed by atoms with Crippen LogP contribution in [0.4, 0.5) is 11.4 Å². The summed E-state index contributed by atoms with van der Waals surface area (Å²) >= 11 is 0. The number of benzene rings is 9. The van der Waals surface area contributed by atoms with Crippen LogP contribution in [0.3, 0.4) is 0 Å². The number of rotatable bonds is 5. The second-order valence-electron chi connectivity index (χ2n) is 16.3. The maximum atomic E-state index is 2.68. The topological polar surface area (TPSA) is 3.24 Å². The van der Waals surface area contributed by atoms with E-state index in [0.29, 0.717) is 0 Å². The van der Waals surface area contributed by atoms with Crippen LogP contribution in [0.1, 0.15) is 45.1 Å². The number of hydrogen-bond acceptors (Lipinski definition) is 1. The maximum Gasteiger partial charge on any atom is 0.0517 e. The minimum Gasteiger partial charge on any atom is -0.334 e. The van der Waals surface area contributed by atoms with Gasteiger partial charge in [-0.1, -0.05) is 159 Å². The van der Waals surface area contributed by atoms with Gasteiger partial charge in [-0.05, 0) is 139 Å². The first-order valence-corrected chi connectivity index (χ1v) is 20.0. The molecule has 2 atom stereocenters. The van der Waals surface area contributed by atoms with E-state index in [1.165, 1.54) is 119 Å². The summed E-state index contributed by atoms with van der Waals surface area (Å²) in [5.41, 5.74) is 14.3. The molecule has 55 heavy (non-hydrogen) atoms. The minimum atomic E-state index is 0.00704. The SMILES string of the molecule is CC12CCCCC1(C)N(c1ccccc1)c1ccc(-c3cc(-c4ccccc4)c4ccc5c(-c6ccccc6)cc(-c6ccccc6)c6ccc3c4c56)cc12. The predicted molar refractivity (Wildman–Crippen MR) is 235 cm³/mol. The first-order valence-electron chi connectivity index (χ1n) is 20.0. The molecule has 0 radical (unpaired) electrons. The molecule has 9 aromatic carbocycles. The van der Waals surface area contributed by atoms with Gasteiger partial charge in [0.05, 0.1) is 5.54 Å². The van der Waals surface area contributed by atoms with E-state index in [4.69, 9.17) is 0 Å². The zero-order chi connectivity index (χ0) is 36.7. The summed E-state index contributed by atoms with van der Waals surface area (Å²) in [6, 6.07) is 65.9. The van der Waals surface area contributed by atoms with Crippen molar-refractivity contribution < 1.29 is 0 Å². The highest BCUT2D eigenvalue weighted by Gasteiger charge is 2.57. The summed E-state index contributed by atoms with van der Waals surface area (Å²) < 4.78 is 0. The van der Waals surface area contributed by atoms with Crippen LogP contribution in [0, 0.1) is 0 Å². The standard InChI is InChI=1S/C54H43N/c1-53-31-15-16-32-54(53,2)55(40-23-13-6-14-24-40)50-30-25-39(33-49(50)53)48-35-47(38-21-11-5-12-22-38)43-27-26-41-45(36-17-7-3-8-18-36)34-46(37-19-9-4-10-20-37)42-28-29-44(48)52(43)51(41)42/h3-14,17-30,33-35H,15-16,31-32H2,1-2H3. The Kier molecular flexibility index (Phi) is 7.14. The van der Waals surface area contributed by atoms with Crippen molar-refractivity contribution in [1.29, 1.82) is 0 Å². The van der Waals surface area contributed by atoms with Gasteiger partial charge in [-0.15, -0.1) is 0 Å². The van der Waals surface area contributed by atoms with Crippen molar-refractivity contribution in [3.8, 4) is 44.5 Å². The molecule has 1 nitrogen and oxygen atoms in total. The molecule has 2 aliphatic rings. The summed E-state index contributed by atoms with van der Waals surface area (Å²) in [4.78, 5) is 2.68. The van der Waals surface area contributed by atoms with Crippen LogP contribution in [0.25, 0.3) is 76.8 Å². The van der Waals surface area contributed by atoms with E-state index in [1.54, 1.807) is 0 Å². The van der Waals surface area contributed by atoms with Gasteiger partial charge in [0.2, 0.25) is 0 Å². The molecule has 1 aliphatic carbocycles. The highest BCUT2D eigenvalue weighted by Crippen LogP contribution is 2.61. The molecule has 0 bridgehead atoms. The van der Waals surface area contributed by atoms with Gasteiger partial charge < -0.3 is 4.90 Å². The van der Waals surface area contributed by atoms with Crippen molar-refractivity contribution in [3.63, 3.8) is 0 Å². The molecule has 0 spiro atoms. The van der Waals surface area contributed by atoms with Gasteiger partial charge in [-0.2, -0.15) is 0 Å². The Labute approximate surface area is 323 Å². The molecule has 1 heteroatoms. The Morgan fingerprint density at radius 3 is 1.29 bits per heavy atom. The fraction of sp³-hybridized carbons (Fsp3) is 0.148. The van der Waals surface area contributed by atoms with Gasteiger partial charge >= 0.3 is 0 Å². The van der Waals surface area contributed by atoms with E-state index in [1.807, 2.05) is 0 Å². The van der Waals surface area contributed by atoms with Crippen LogP contribution in [-0.4, -0.2) is 5.54 Å². The molecule has 11 rings (SSSR count). The molecule has 0 amide bonds. The van der Waals surface area contributed by atoms with Crippen molar-refractivity contribution in [3.05, 3.63) is 181 Å². The fourth-order valence-electron chi connectivity index (χ4n) is 10.7.